The lowest BCUT2D eigenvalue weighted by Gasteiger charge is -2.07. The Balaban J connectivity index is 1.66. The van der Waals surface area contributed by atoms with E-state index in [1.54, 1.807) is 36.4 Å². The first kappa shape index (κ1) is 19.0. The van der Waals surface area contributed by atoms with Gasteiger partial charge in [0, 0.05) is 10.6 Å². The second kappa shape index (κ2) is 8.01. The SMILES string of the molecule is O=c1c2ccccc2nc(/C=C/c2ccc(Cl)cc2)n1-c1nnc(-c2ccccc2)o1. The number of benzene rings is 3. The maximum Gasteiger partial charge on any atom is 0.331 e. The summed E-state index contributed by atoms with van der Waals surface area (Å²) >= 11 is 5.96. The van der Waals surface area contributed by atoms with Crippen LogP contribution in [0.4, 0.5) is 0 Å². The highest BCUT2D eigenvalue weighted by atomic mass is 35.5. The maximum atomic E-state index is 13.3. The number of hydrogen-bond donors (Lipinski definition) is 0. The van der Waals surface area contributed by atoms with Gasteiger partial charge in [0.2, 0.25) is 5.89 Å². The molecule has 0 radical (unpaired) electrons. The summed E-state index contributed by atoms with van der Waals surface area (Å²) in [6, 6.07) is 23.9. The zero-order valence-corrected chi connectivity index (χ0v) is 16.9. The molecule has 0 unspecified atom stereocenters. The normalized spacial score (nSPS) is 11.4. The molecule has 0 saturated carbocycles. The van der Waals surface area contributed by atoms with E-state index in [9.17, 15) is 4.79 Å². The van der Waals surface area contributed by atoms with E-state index >= 15 is 0 Å². The molecule has 2 aromatic heterocycles. The molecule has 0 saturated heterocycles. The molecule has 5 aromatic rings. The lowest BCUT2D eigenvalue weighted by molar-refractivity contribution is 0.530. The summed E-state index contributed by atoms with van der Waals surface area (Å²) < 4.78 is 7.17. The fourth-order valence-corrected chi connectivity index (χ4v) is 3.32. The van der Waals surface area contributed by atoms with Gasteiger partial charge >= 0.3 is 6.01 Å². The van der Waals surface area contributed by atoms with Gasteiger partial charge in [-0.15, -0.1) is 5.10 Å². The molecule has 0 N–H and O–H groups in total. The highest BCUT2D eigenvalue weighted by molar-refractivity contribution is 6.30. The van der Waals surface area contributed by atoms with Gasteiger partial charge < -0.3 is 4.42 Å². The monoisotopic (exact) mass is 426 g/mol. The molecular formula is C24H15ClN4O2. The molecule has 6 nitrogen and oxygen atoms in total. The van der Waals surface area contributed by atoms with Gasteiger partial charge in [-0.2, -0.15) is 0 Å². The van der Waals surface area contributed by atoms with Crippen molar-refractivity contribution >= 4 is 34.7 Å². The first-order valence-electron chi connectivity index (χ1n) is 9.54. The highest BCUT2D eigenvalue weighted by Gasteiger charge is 2.17. The van der Waals surface area contributed by atoms with Crippen molar-refractivity contribution in [1.82, 2.24) is 19.7 Å². The van der Waals surface area contributed by atoms with E-state index in [0.717, 1.165) is 11.1 Å². The Morgan fingerprint density at radius 2 is 1.58 bits per heavy atom. The maximum absolute atomic E-state index is 13.3. The molecule has 0 atom stereocenters. The average molecular weight is 427 g/mol. The van der Waals surface area contributed by atoms with E-state index in [-0.39, 0.29) is 11.6 Å². The van der Waals surface area contributed by atoms with Gasteiger partial charge in [0.1, 0.15) is 5.82 Å². The summed E-state index contributed by atoms with van der Waals surface area (Å²) in [7, 11) is 0. The van der Waals surface area contributed by atoms with E-state index in [0.29, 0.717) is 27.6 Å². The van der Waals surface area contributed by atoms with E-state index in [4.69, 9.17) is 16.0 Å². The molecule has 0 amide bonds. The third kappa shape index (κ3) is 3.76. The second-order valence-corrected chi connectivity index (χ2v) is 7.20. The number of para-hydroxylation sites is 1. The summed E-state index contributed by atoms with van der Waals surface area (Å²) in [6.45, 7) is 0. The molecule has 3 aromatic carbocycles. The van der Waals surface area contributed by atoms with E-state index in [1.807, 2.05) is 54.6 Å². The molecule has 0 aliphatic rings. The van der Waals surface area contributed by atoms with Gasteiger partial charge in [-0.25, -0.2) is 9.55 Å². The van der Waals surface area contributed by atoms with Crippen LogP contribution in [-0.4, -0.2) is 19.7 Å². The van der Waals surface area contributed by atoms with E-state index in [1.165, 1.54) is 4.57 Å². The Morgan fingerprint density at radius 3 is 2.39 bits per heavy atom. The molecule has 2 heterocycles. The van der Waals surface area contributed by atoms with Gasteiger partial charge in [0.05, 0.1) is 10.9 Å². The molecule has 0 spiro atoms. The van der Waals surface area contributed by atoms with Crippen LogP contribution in [0.2, 0.25) is 5.02 Å². The topological polar surface area (TPSA) is 73.8 Å². The van der Waals surface area contributed by atoms with Gasteiger partial charge in [-0.1, -0.05) is 65.2 Å². The molecule has 31 heavy (non-hydrogen) atoms. The summed E-state index contributed by atoms with van der Waals surface area (Å²) in [4.78, 5) is 17.9. The Bertz CT molecular complexity index is 1450. The molecule has 0 aliphatic carbocycles. The van der Waals surface area contributed by atoms with Crippen LogP contribution in [0.3, 0.4) is 0 Å². The van der Waals surface area contributed by atoms with Crippen molar-refractivity contribution in [3.8, 4) is 17.5 Å². The van der Waals surface area contributed by atoms with E-state index in [2.05, 4.69) is 15.2 Å². The van der Waals surface area contributed by atoms with Crippen LogP contribution in [0, 0.1) is 0 Å². The van der Waals surface area contributed by atoms with Crippen LogP contribution in [0.15, 0.2) is 88.1 Å². The van der Waals surface area contributed by atoms with Crippen molar-refractivity contribution < 1.29 is 4.42 Å². The number of hydrogen-bond acceptors (Lipinski definition) is 5. The summed E-state index contributed by atoms with van der Waals surface area (Å²) in [5.41, 5.74) is 1.97. The standard InChI is InChI=1S/C24H15ClN4O2/c25-18-13-10-16(11-14-18)12-15-21-26-20-9-5-4-8-19(20)23(30)29(21)24-28-27-22(31-24)17-6-2-1-3-7-17/h1-15H/b15-12+. The smallest absolute Gasteiger partial charge is 0.331 e. The van der Waals surface area contributed by atoms with Crippen LogP contribution in [0.1, 0.15) is 11.4 Å². The second-order valence-electron chi connectivity index (χ2n) is 6.77. The number of fused-ring (bicyclic) bond motifs is 1. The van der Waals surface area contributed by atoms with Crippen molar-refractivity contribution in [1.29, 1.82) is 0 Å². The molecule has 7 heteroatoms. The predicted molar refractivity (Wildman–Crippen MR) is 121 cm³/mol. The highest BCUT2D eigenvalue weighted by Crippen LogP contribution is 2.20. The van der Waals surface area contributed by atoms with E-state index < -0.39 is 0 Å². The third-order valence-electron chi connectivity index (χ3n) is 4.72. The minimum Gasteiger partial charge on any atom is -0.403 e. The first-order valence-corrected chi connectivity index (χ1v) is 9.91. The Hall–Kier alpha value is -4.03. The third-order valence-corrected chi connectivity index (χ3v) is 4.97. The molecule has 0 bridgehead atoms. The number of halogens is 1. The van der Waals surface area contributed by atoms with Crippen LogP contribution >= 0.6 is 11.6 Å². The molecule has 150 valence electrons. The fourth-order valence-electron chi connectivity index (χ4n) is 3.19. The van der Waals surface area contributed by atoms with Crippen molar-refractivity contribution in [3.05, 3.63) is 106 Å². The number of aromatic nitrogens is 4. The molecule has 0 fully saturated rings. The average Bonchev–Trinajstić information content (AvgIpc) is 3.29. The quantitative estimate of drug-likeness (QED) is 0.392. The number of rotatable bonds is 4. The lowest BCUT2D eigenvalue weighted by atomic mass is 10.2. The lowest BCUT2D eigenvalue weighted by Crippen LogP contribution is -2.22. The molecule has 5 rings (SSSR count). The van der Waals surface area contributed by atoms with Gasteiger partial charge in [0.25, 0.3) is 5.56 Å². The van der Waals surface area contributed by atoms with Crippen molar-refractivity contribution in [2.75, 3.05) is 0 Å². The fraction of sp³-hybridized carbons (Fsp3) is 0. The predicted octanol–water partition coefficient (Wildman–Crippen LogP) is 5.26. The number of nitrogens with zero attached hydrogens (tertiary/aromatic N) is 4. The largest absolute Gasteiger partial charge is 0.403 e. The van der Waals surface area contributed by atoms with Crippen LogP contribution in [0.5, 0.6) is 0 Å². The molecular weight excluding hydrogens is 412 g/mol. The summed E-state index contributed by atoms with van der Waals surface area (Å²) in [5, 5.41) is 9.34. The minimum absolute atomic E-state index is 0.0536. The van der Waals surface area contributed by atoms with Gasteiger partial charge in [-0.3, -0.25) is 4.79 Å². The van der Waals surface area contributed by atoms with Crippen molar-refractivity contribution in [3.63, 3.8) is 0 Å². The zero-order chi connectivity index (χ0) is 21.2. The van der Waals surface area contributed by atoms with Crippen LogP contribution in [-0.2, 0) is 0 Å². The summed E-state index contributed by atoms with van der Waals surface area (Å²) in [6.07, 6.45) is 3.58. The van der Waals surface area contributed by atoms with Crippen LogP contribution in [0.25, 0.3) is 40.5 Å². The summed E-state index contributed by atoms with van der Waals surface area (Å²) in [5.74, 6) is 0.699. The Morgan fingerprint density at radius 1 is 0.839 bits per heavy atom. The van der Waals surface area contributed by atoms with Crippen molar-refractivity contribution in [2.45, 2.75) is 0 Å². The molecule has 0 aliphatic heterocycles. The van der Waals surface area contributed by atoms with Gasteiger partial charge in [0.15, 0.2) is 0 Å². The Labute approximate surface area is 182 Å². The van der Waals surface area contributed by atoms with Gasteiger partial charge in [-0.05, 0) is 48.0 Å². The Kier molecular flexibility index (Phi) is 4.90. The van der Waals surface area contributed by atoms with Crippen molar-refractivity contribution in [2.24, 2.45) is 0 Å². The minimum atomic E-state index is -0.287. The first-order chi connectivity index (χ1) is 15.2. The van der Waals surface area contributed by atoms with Crippen LogP contribution < -0.4 is 5.56 Å². The zero-order valence-electron chi connectivity index (χ0n) is 16.1.